The molecule has 1 aliphatic heterocycles. The van der Waals surface area contributed by atoms with Crippen molar-refractivity contribution in [3.05, 3.63) is 186 Å². The molecule has 0 atom stereocenters. The zero-order valence-corrected chi connectivity index (χ0v) is 29.7. The SMILES string of the molecule is C1=Cc2cccc(-c3cccc(N(C4=Cc5cc6oc7ccccc7c6cc5NC4)c4cccc(-c5cc6ccccc6c6ccccc56)c4)c3)c2CC1. The van der Waals surface area contributed by atoms with Crippen molar-refractivity contribution in [2.24, 2.45) is 0 Å². The first-order valence-electron chi connectivity index (χ1n) is 18.8. The van der Waals surface area contributed by atoms with Crippen LogP contribution in [0.4, 0.5) is 17.1 Å². The highest BCUT2D eigenvalue weighted by molar-refractivity contribution is 6.14. The highest BCUT2D eigenvalue weighted by Crippen LogP contribution is 2.42. The van der Waals surface area contributed by atoms with Gasteiger partial charge in [0.1, 0.15) is 11.2 Å². The highest BCUT2D eigenvalue weighted by Gasteiger charge is 2.23. The number of fused-ring (bicyclic) bond motifs is 8. The lowest BCUT2D eigenvalue weighted by Gasteiger charge is -2.32. The number of hydrogen-bond donors (Lipinski definition) is 1. The van der Waals surface area contributed by atoms with Crippen LogP contribution in [0, 0.1) is 0 Å². The number of nitrogens with zero attached hydrogens (tertiary/aromatic N) is 1. The molecule has 3 heteroatoms. The molecular formula is C51H36N2O. The summed E-state index contributed by atoms with van der Waals surface area (Å²) in [5, 5.41) is 11.1. The number of para-hydroxylation sites is 1. The van der Waals surface area contributed by atoms with Gasteiger partial charge in [-0.05, 0) is 122 Å². The molecule has 0 fully saturated rings. The first-order valence-corrected chi connectivity index (χ1v) is 18.8. The first kappa shape index (κ1) is 30.8. The predicted molar refractivity (Wildman–Crippen MR) is 228 cm³/mol. The smallest absolute Gasteiger partial charge is 0.136 e. The summed E-state index contributed by atoms with van der Waals surface area (Å²) in [5.74, 6) is 0. The Kier molecular flexibility index (Phi) is 7.06. The molecule has 8 aromatic carbocycles. The van der Waals surface area contributed by atoms with Crippen LogP contribution in [0.15, 0.2) is 174 Å². The van der Waals surface area contributed by atoms with Crippen molar-refractivity contribution in [2.45, 2.75) is 12.8 Å². The van der Waals surface area contributed by atoms with Crippen LogP contribution in [-0.4, -0.2) is 6.54 Å². The number of hydrogen-bond acceptors (Lipinski definition) is 3. The van der Waals surface area contributed by atoms with Gasteiger partial charge in [-0.15, -0.1) is 0 Å². The van der Waals surface area contributed by atoms with Gasteiger partial charge in [-0.1, -0.05) is 121 Å². The summed E-state index contributed by atoms with van der Waals surface area (Å²) in [6, 6.07) is 57.4. The zero-order valence-electron chi connectivity index (χ0n) is 29.7. The Bertz CT molecular complexity index is 3020. The van der Waals surface area contributed by atoms with Crippen LogP contribution in [0.5, 0.6) is 0 Å². The van der Waals surface area contributed by atoms with E-state index >= 15 is 0 Å². The maximum atomic E-state index is 6.35. The number of benzene rings is 8. The average molecular weight is 693 g/mol. The Labute approximate surface area is 314 Å². The molecule has 0 radical (unpaired) electrons. The summed E-state index contributed by atoms with van der Waals surface area (Å²) in [4.78, 5) is 2.43. The molecule has 9 aromatic rings. The van der Waals surface area contributed by atoms with Gasteiger partial charge < -0.3 is 14.6 Å². The molecule has 0 amide bonds. The number of anilines is 3. The summed E-state index contributed by atoms with van der Waals surface area (Å²) in [7, 11) is 0. The van der Waals surface area contributed by atoms with Crippen LogP contribution in [0.3, 0.4) is 0 Å². The summed E-state index contributed by atoms with van der Waals surface area (Å²) >= 11 is 0. The van der Waals surface area contributed by atoms with Crippen molar-refractivity contribution in [1.29, 1.82) is 0 Å². The third-order valence-electron chi connectivity index (χ3n) is 11.3. The van der Waals surface area contributed by atoms with Gasteiger partial charge in [-0.25, -0.2) is 0 Å². The largest absolute Gasteiger partial charge is 0.456 e. The van der Waals surface area contributed by atoms with Gasteiger partial charge in [0.2, 0.25) is 0 Å². The lowest BCUT2D eigenvalue weighted by molar-refractivity contribution is 0.669. The highest BCUT2D eigenvalue weighted by atomic mass is 16.3. The molecule has 0 spiro atoms. The van der Waals surface area contributed by atoms with Gasteiger partial charge in [-0.2, -0.15) is 0 Å². The Balaban J connectivity index is 1.10. The molecule has 1 N–H and O–H groups in total. The van der Waals surface area contributed by atoms with Crippen molar-refractivity contribution in [3.63, 3.8) is 0 Å². The average Bonchev–Trinajstić information content (AvgIpc) is 3.60. The van der Waals surface area contributed by atoms with Crippen molar-refractivity contribution in [1.82, 2.24) is 0 Å². The summed E-state index contributed by atoms with van der Waals surface area (Å²) in [6.07, 6.45) is 9.02. The molecule has 3 nitrogen and oxygen atoms in total. The lowest BCUT2D eigenvalue weighted by atomic mass is 9.89. The molecule has 0 saturated carbocycles. The molecule has 54 heavy (non-hydrogen) atoms. The molecule has 0 unspecified atom stereocenters. The standard InChI is InChI=1S/C51H36N2O/c1-3-19-41-33(12-1)14-11-24-42(41)34-15-9-17-38(26-34)53(40-28-37-30-51-48(31-49(37)52-32-40)46-23-7-8-25-50(46)54-51)39-18-10-16-35(27-39)47-29-36-13-2-4-20-43(36)44-21-5-6-22-45(44)47/h1-2,4-18,20-31,52H,3,19,32H2. The Hall–Kier alpha value is -6.84. The fourth-order valence-electron chi connectivity index (χ4n) is 8.77. The summed E-state index contributed by atoms with van der Waals surface area (Å²) < 4.78 is 6.35. The van der Waals surface area contributed by atoms with Gasteiger partial charge in [0, 0.05) is 39.1 Å². The second-order valence-electron chi connectivity index (χ2n) is 14.5. The van der Waals surface area contributed by atoms with Gasteiger partial charge in [-0.3, -0.25) is 0 Å². The Morgan fingerprint density at radius 2 is 1.24 bits per heavy atom. The minimum atomic E-state index is 0.674. The second kappa shape index (κ2) is 12.4. The van der Waals surface area contributed by atoms with Gasteiger partial charge in [0.25, 0.3) is 0 Å². The molecular weight excluding hydrogens is 657 g/mol. The van der Waals surface area contributed by atoms with Crippen molar-refractivity contribution >= 4 is 72.7 Å². The van der Waals surface area contributed by atoms with Crippen molar-refractivity contribution in [2.75, 3.05) is 16.8 Å². The minimum Gasteiger partial charge on any atom is -0.456 e. The fourth-order valence-corrected chi connectivity index (χ4v) is 8.77. The molecule has 0 bridgehead atoms. The molecule has 1 aliphatic carbocycles. The normalized spacial score (nSPS) is 13.5. The van der Waals surface area contributed by atoms with E-state index in [9.17, 15) is 0 Å². The number of rotatable bonds is 5. The van der Waals surface area contributed by atoms with Crippen molar-refractivity contribution in [3.8, 4) is 22.3 Å². The van der Waals surface area contributed by atoms with Crippen LogP contribution < -0.4 is 10.2 Å². The fraction of sp³-hybridized carbons (Fsp3) is 0.0588. The Morgan fingerprint density at radius 1 is 0.519 bits per heavy atom. The van der Waals surface area contributed by atoms with Gasteiger partial charge >= 0.3 is 0 Å². The van der Waals surface area contributed by atoms with E-state index in [1.54, 1.807) is 0 Å². The monoisotopic (exact) mass is 692 g/mol. The second-order valence-corrected chi connectivity index (χ2v) is 14.5. The first-order chi connectivity index (χ1) is 26.7. The number of nitrogens with one attached hydrogen (secondary N) is 1. The van der Waals surface area contributed by atoms with E-state index in [2.05, 4.69) is 174 Å². The van der Waals surface area contributed by atoms with Crippen LogP contribution in [0.2, 0.25) is 0 Å². The number of allylic oxidation sites excluding steroid dienone is 1. The van der Waals surface area contributed by atoms with E-state index in [0.717, 1.165) is 63.1 Å². The quantitative estimate of drug-likeness (QED) is 0.182. The predicted octanol–water partition coefficient (Wildman–Crippen LogP) is 13.8. The molecule has 256 valence electrons. The topological polar surface area (TPSA) is 28.4 Å². The van der Waals surface area contributed by atoms with Crippen molar-refractivity contribution < 1.29 is 4.42 Å². The van der Waals surface area contributed by atoms with Crippen LogP contribution in [0.25, 0.3) is 77.9 Å². The van der Waals surface area contributed by atoms with Crippen LogP contribution >= 0.6 is 0 Å². The van der Waals surface area contributed by atoms with Crippen LogP contribution in [0.1, 0.15) is 23.1 Å². The maximum Gasteiger partial charge on any atom is 0.136 e. The van der Waals surface area contributed by atoms with E-state index < -0.39 is 0 Å². The summed E-state index contributed by atoms with van der Waals surface area (Å²) in [6.45, 7) is 0.674. The maximum absolute atomic E-state index is 6.35. The van der Waals surface area contributed by atoms with Gasteiger partial charge in [0.05, 0.1) is 6.54 Å². The minimum absolute atomic E-state index is 0.674. The van der Waals surface area contributed by atoms with E-state index in [4.69, 9.17) is 4.42 Å². The third kappa shape index (κ3) is 5.04. The van der Waals surface area contributed by atoms with E-state index in [0.29, 0.717) is 6.54 Å². The third-order valence-corrected chi connectivity index (χ3v) is 11.3. The van der Waals surface area contributed by atoms with E-state index in [-0.39, 0.29) is 0 Å². The zero-order chi connectivity index (χ0) is 35.6. The molecule has 2 heterocycles. The summed E-state index contributed by atoms with van der Waals surface area (Å²) in [5.41, 5.74) is 15.2. The van der Waals surface area contributed by atoms with Crippen LogP contribution in [-0.2, 0) is 6.42 Å². The van der Waals surface area contributed by atoms with Gasteiger partial charge in [0.15, 0.2) is 0 Å². The molecule has 1 aromatic heterocycles. The Morgan fingerprint density at radius 3 is 2.09 bits per heavy atom. The van der Waals surface area contributed by atoms with E-state index in [1.807, 2.05) is 12.1 Å². The van der Waals surface area contributed by atoms with E-state index in [1.165, 1.54) is 54.9 Å². The number of furan rings is 1. The molecule has 11 rings (SSSR count). The molecule has 2 aliphatic rings. The lowest BCUT2D eigenvalue weighted by Crippen LogP contribution is -2.25. The molecule has 0 saturated heterocycles.